The lowest BCUT2D eigenvalue weighted by atomic mass is 9.67. The van der Waals surface area contributed by atoms with Gasteiger partial charge in [0.1, 0.15) is 12.1 Å². The van der Waals surface area contributed by atoms with Gasteiger partial charge in [0.2, 0.25) is 5.91 Å². The summed E-state index contributed by atoms with van der Waals surface area (Å²) >= 11 is 0. The van der Waals surface area contributed by atoms with E-state index < -0.39 is 11.6 Å². The van der Waals surface area contributed by atoms with Gasteiger partial charge in [0.05, 0.1) is 0 Å². The lowest BCUT2D eigenvalue weighted by Crippen LogP contribution is -2.51. The van der Waals surface area contributed by atoms with Gasteiger partial charge in [-0.3, -0.25) is 14.5 Å². The van der Waals surface area contributed by atoms with Crippen molar-refractivity contribution in [2.24, 2.45) is 11.3 Å². The SMILES string of the molecule is CNCC1CCCN1C(=O)CN1C(=O)NC2(CCC(C(C)(C)C)CC2)C1=O.Cl. The number of carbonyl (C=O) groups excluding carboxylic acids is 3. The molecule has 4 amide bonds. The van der Waals surface area contributed by atoms with Crippen molar-refractivity contribution in [3.63, 3.8) is 0 Å². The first-order chi connectivity index (χ1) is 12.7. The van der Waals surface area contributed by atoms with Crippen molar-refractivity contribution in [3.05, 3.63) is 0 Å². The third-order valence-electron chi connectivity index (χ3n) is 6.74. The Bertz CT molecular complexity index is 611. The van der Waals surface area contributed by atoms with E-state index in [9.17, 15) is 14.4 Å². The van der Waals surface area contributed by atoms with Crippen LogP contribution in [0, 0.1) is 11.3 Å². The van der Waals surface area contributed by atoms with Crippen molar-refractivity contribution >= 4 is 30.3 Å². The van der Waals surface area contributed by atoms with Crippen LogP contribution in [0.3, 0.4) is 0 Å². The van der Waals surface area contributed by atoms with Gasteiger partial charge in [0, 0.05) is 19.1 Å². The summed E-state index contributed by atoms with van der Waals surface area (Å²) in [6.45, 7) is 7.99. The van der Waals surface area contributed by atoms with Gasteiger partial charge in [0.25, 0.3) is 5.91 Å². The molecule has 7 nitrogen and oxygen atoms in total. The van der Waals surface area contributed by atoms with Crippen molar-refractivity contribution in [2.75, 3.05) is 26.7 Å². The maximum atomic E-state index is 13.1. The van der Waals surface area contributed by atoms with Gasteiger partial charge in [-0.2, -0.15) is 0 Å². The summed E-state index contributed by atoms with van der Waals surface area (Å²) in [6.07, 6.45) is 5.11. The molecule has 3 aliphatic rings. The highest BCUT2D eigenvalue weighted by atomic mass is 35.5. The number of urea groups is 1. The van der Waals surface area contributed by atoms with Crippen LogP contribution in [0.15, 0.2) is 0 Å². The fourth-order valence-electron chi connectivity index (χ4n) is 4.97. The Morgan fingerprint density at radius 2 is 1.86 bits per heavy atom. The third kappa shape index (κ3) is 4.30. The second-order valence-corrected chi connectivity index (χ2v) is 9.48. The lowest BCUT2D eigenvalue weighted by molar-refractivity contribution is -0.140. The molecule has 0 aromatic carbocycles. The molecule has 1 atom stereocenters. The van der Waals surface area contributed by atoms with Gasteiger partial charge in [-0.25, -0.2) is 4.79 Å². The molecule has 160 valence electrons. The number of halogens is 1. The van der Waals surface area contributed by atoms with Crippen LogP contribution < -0.4 is 10.6 Å². The number of hydrogen-bond acceptors (Lipinski definition) is 4. The van der Waals surface area contributed by atoms with Gasteiger partial charge in [0.15, 0.2) is 0 Å². The molecule has 28 heavy (non-hydrogen) atoms. The highest BCUT2D eigenvalue weighted by molar-refractivity contribution is 6.09. The summed E-state index contributed by atoms with van der Waals surface area (Å²) in [6, 6.07) is -0.258. The minimum Gasteiger partial charge on any atom is -0.337 e. The van der Waals surface area contributed by atoms with Gasteiger partial charge >= 0.3 is 6.03 Å². The molecule has 2 heterocycles. The molecule has 2 aliphatic heterocycles. The predicted molar refractivity (Wildman–Crippen MR) is 110 cm³/mol. The Kier molecular flexibility index (Phi) is 7.03. The second kappa shape index (κ2) is 8.57. The molecule has 2 saturated heterocycles. The van der Waals surface area contributed by atoms with E-state index in [4.69, 9.17) is 0 Å². The summed E-state index contributed by atoms with van der Waals surface area (Å²) in [7, 11) is 1.87. The van der Waals surface area contributed by atoms with Crippen molar-refractivity contribution < 1.29 is 14.4 Å². The van der Waals surface area contributed by atoms with Gasteiger partial charge < -0.3 is 15.5 Å². The number of likely N-dealkylation sites (tertiary alicyclic amines) is 1. The lowest BCUT2D eigenvalue weighted by Gasteiger charge is -2.40. The molecule has 1 unspecified atom stereocenters. The quantitative estimate of drug-likeness (QED) is 0.690. The monoisotopic (exact) mass is 414 g/mol. The highest BCUT2D eigenvalue weighted by Crippen LogP contribution is 2.43. The van der Waals surface area contributed by atoms with Crippen LogP contribution in [0.1, 0.15) is 59.3 Å². The molecular formula is C20H35ClN4O3. The summed E-state index contributed by atoms with van der Waals surface area (Å²) in [4.78, 5) is 41.3. The molecule has 1 aliphatic carbocycles. The Hall–Kier alpha value is -1.34. The van der Waals surface area contributed by atoms with Crippen LogP contribution in [0.4, 0.5) is 4.79 Å². The number of nitrogens with one attached hydrogen (secondary N) is 2. The Morgan fingerprint density at radius 3 is 2.43 bits per heavy atom. The van der Waals surface area contributed by atoms with E-state index >= 15 is 0 Å². The normalized spacial score (nSPS) is 30.6. The van der Waals surface area contributed by atoms with E-state index in [1.54, 1.807) is 0 Å². The Labute approximate surface area is 174 Å². The standard InChI is InChI=1S/C20H34N4O3.ClH/c1-19(2,3)14-7-9-20(10-8-14)17(26)24(18(27)22-20)13-16(25)23-11-5-6-15(23)12-21-4;/h14-15,21H,5-13H2,1-4H3,(H,22,27);1H. The maximum Gasteiger partial charge on any atom is 0.325 e. The third-order valence-corrected chi connectivity index (χ3v) is 6.74. The second-order valence-electron chi connectivity index (χ2n) is 9.48. The molecule has 0 bridgehead atoms. The first-order valence-corrected chi connectivity index (χ1v) is 10.3. The van der Waals surface area contributed by atoms with Crippen molar-refractivity contribution in [1.82, 2.24) is 20.4 Å². The summed E-state index contributed by atoms with van der Waals surface area (Å²) in [5.74, 6) is 0.213. The first-order valence-electron chi connectivity index (χ1n) is 10.3. The predicted octanol–water partition coefficient (Wildman–Crippen LogP) is 2.15. The molecule has 0 radical (unpaired) electrons. The number of likely N-dealkylation sites (N-methyl/N-ethyl adjacent to an activating group) is 1. The number of nitrogens with zero attached hydrogens (tertiary/aromatic N) is 2. The van der Waals surface area contributed by atoms with E-state index in [0.717, 1.165) is 37.1 Å². The molecule has 2 N–H and O–H groups in total. The minimum atomic E-state index is -0.797. The zero-order chi connectivity index (χ0) is 19.8. The van der Waals surface area contributed by atoms with Crippen LogP contribution in [0.2, 0.25) is 0 Å². The van der Waals surface area contributed by atoms with Gasteiger partial charge in [-0.15, -0.1) is 12.4 Å². The molecule has 0 aromatic heterocycles. The van der Waals surface area contributed by atoms with Crippen LogP contribution in [-0.4, -0.2) is 65.9 Å². The fourth-order valence-corrected chi connectivity index (χ4v) is 4.97. The molecule has 0 aromatic rings. The molecule has 1 spiro atoms. The first kappa shape index (κ1) is 22.9. The van der Waals surface area contributed by atoms with Crippen LogP contribution in [0.25, 0.3) is 0 Å². The smallest absolute Gasteiger partial charge is 0.325 e. The Balaban J connectivity index is 0.00000280. The number of rotatable bonds is 4. The van der Waals surface area contributed by atoms with E-state index in [0.29, 0.717) is 25.3 Å². The maximum absolute atomic E-state index is 13.1. The van der Waals surface area contributed by atoms with Crippen molar-refractivity contribution in [3.8, 4) is 0 Å². The molecular weight excluding hydrogens is 380 g/mol. The Morgan fingerprint density at radius 1 is 1.21 bits per heavy atom. The summed E-state index contributed by atoms with van der Waals surface area (Å²) in [5.41, 5.74) is -0.588. The molecule has 3 fully saturated rings. The number of hydrogen-bond donors (Lipinski definition) is 2. The number of imide groups is 1. The van der Waals surface area contributed by atoms with Crippen molar-refractivity contribution in [2.45, 2.75) is 70.9 Å². The van der Waals surface area contributed by atoms with E-state index in [2.05, 4.69) is 31.4 Å². The number of carbonyl (C=O) groups is 3. The van der Waals surface area contributed by atoms with Gasteiger partial charge in [-0.1, -0.05) is 20.8 Å². The van der Waals surface area contributed by atoms with Crippen LogP contribution in [0.5, 0.6) is 0 Å². The average Bonchev–Trinajstić information content (AvgIpc) is 3.14. The molecule has 8 heteroatoms. The van der Waals surface area contributed by atoms with E-state index in [1.807, 2.05) is 11.9 Å². The topological polar surface area (TPSA) is 81.8 Å². The number of amides is 4. The largest absolute Gasteiger partial charge is 0.337 e. The zero-order valence-corrected chi connectivity index (χ0v) is 18.4. The van der Waals surface area contributed by atoms with E-state index in [-0.39, 0.29) is 42.2 Å². The fraction of sp³-hybridized carbons (Fsp3) is 0.850. The van der Waals surface area contributed by atoms with Crippen LogP contribution >= 0.6 is 12.4 Å². The zero-order valence-electron chi connectivity index (χ0n) is 17.5. The van der Waals surface area contributed by atoms with Crippen LogP contribution in [-0.2, 0) is 9.59 Å². The summed E-state index contributed by atoms with van der Waals surface area (Å²) < 4.78 is 0. The van der Waals surface area contributed by atoms with Gasteiger partial charge in [-0.05, 0) is 56.9 Å². The van der Waals surface area contributed by atoms with E-state index in [1.165, 1.54) is 0 Å². The molecule has 3 rings (SSSR count). The minimum absolute atomic E-state index is 0. The molecule has 1 saturated carbocycles. The van der Waals surface area contributed by atoms with Crippen molar-refractivity contribution in [1.29, 1.82) is 0 Å². The average molecular weight is 415 g/mol. The summed E-state index contributed by atoms with van der Waals surface area (Å²) in [5, 5.41) is 6.04. The highest BCUT2D eigenvalue weighted by Gasteiger charge is 2.53.